The highest BCUT2D eigenvalue weighted by Gasteiger charge is 2.23. The number of fused-ring (bicyclic) bond motifs is 1. The third-order valence-corrected chi connectivity index (χ3v) is 5.59. The monoisotopic (exact) mass is 366 g/mol. The molecule has 2 aromatic carbocycles. The van der Waals surface area contributed by atoms with Crippen molar-refractivity contribution in [2.24, 2.45) is 0 Å². The first-order valence-corrected chi connectivity index (χ1v) is 9.50. The van der Waals surface area contributed by atoms with E-state index in [-0.39, 0.29) is 17.8 Å². The summed E-state index contributed by atoms with van der Waals surface area (Å²) in [6.07, 6.45) is 0.968. The Morgan fingerprint density at radius 2 is 1.92 bits per heavy atom. The number of carbonyl (C=O) groups is 1. The third-order valence-electron chi connectivity index (χ3n) is 4.65. The van der Waals surface area contributed by atoms with Crippen LogP contribution >= 0.6 is 11.3 Å². The van der Waals surface area contributed by atoms with E-state index in [0.29, 0.717) is 6.54 Å². The first kappa shape index (κ1) is 16.8. The Kier molecular flexibility index (Phi) is 4.71. The summed E-state index contributed by atoms with van der Waals surface area (Å²) in [6, 6.07) is 18.2. The molecule has 0 fully saturated rings. The van der Waals surface area contributed by atoms with Crippen molar-refractivity contribution in [2.45, 2.75) is 12.5 Å². The lowest BCUT2D eigenvalue weighted by Crippen LogP contribution is -2.38. The minimum absolute atomic E-state index is 0.0376. The van der Waals surface area contributed by atoms with Crippen LogP contribution in [0.4, 0.5) is 10.1 Å². The number of carbonyl (C=O) groups excluding carboxylic acids is 1. The van der Waals surface area contributed by atoms with Crippen LogP contribution in [0.5, 0.6) is 0 Å². The number of anilines is 1. The molecular formula is C21H19FN2OS. The van der Waals surface area contributed by atoms with E-state index in [1.807, 2.05) is 29.6 Å². The molecule has 1 N–H and O–H groups in total. The molecule has 26 heavy (non-hydrogen) atoms. The van der Waals surface area contributed by atoms with Crippen molar-refractivity contribution in [3.05, 3.63) is 87.9 Å². The van der Waals surface area contributed by atoms with E-state index in [9.17, 15) is 9.18 Å². The largest absolute Gasteiger partial charge is 0.362 e. The molecule has 0 radical (unpaired) electrons. The maximum Gasteiger partial charge on any atom is 0.240 e. The van der Waals surface area contributed by atoms with Gasteiger partial charge in [-0.05, 0) is 47.2 Å². The zero-order valence-corrected chi connectivity index (χ0v) is 15.0. The second-order valence-electron chi connectivity index (χ2n) is 6.37. The van der Waals surface area contributed by atoms with Crippen molar-refractivity contribution in [1.82, 2.24) is 5.32 Å². The van der Waals surface area contributed by atoms with Gasteiger partial charge < -0.3 is 10.2 Å². The van der Waals surface area contributed by atoms with E-state index in [4.69, 9.17) is 0 Å². The summed E-state index contributed by atoms with van der Waals surface area (Å²) >= 11 is 1.58. The lowest BCUT2D eigenvalue weighted by atomic mass is 10.1. The number of para-hydroxylation sites is 1. The van der Waals surface area contributed by atoms with E-state index >= 15 is 0 Å². The van der Waals surface area contributed by atoms with Gasteiger partial charge in [0.05, 0.1) is 12.6 Å². The Balaban J connectivity index is 1.51. The predicted molar refractivity (Wildman–Crippen MR) is 103 cm³/mol. The van der Waals surface area contributed by atoms with E-state index in [1.165, 1.54) is 17.7 Å². The molecule has 0 unspecified atom stereocenters. The topological polar surface area (TPSA) is 32.3 Å². The molecule has 1 amide bonds. The van der Waals surface area contributed by atoms with Crippen LogP contribution in [0.25, 0.3) is 0 Å². The minimum Gasteiger partial charge on any atom is -0.362 e. The number of amides is 1. The van der Waals surface area contributed by atoms with Gasteiger partial charge in [-0.2, -0.15) is 0 Å². The molecular weight excluding hydrogens is 347 g/mol. The van der Waals surface area contributed by atoms with E-state index in [2.05, 4.69) is 22.3 Å². The standard InChI is InChI=1S/C21H19FN2OS/c22-17-9-7-16(8-10-17)21(19-6-3-13-26-19)23-20(25)14-24-12-11-15-4-1-2-5-18(15)24/h1-10,13,21H,11-12,14H2,(H,23,25)/t21-/m1/s1. The van der Waals surface area contributed by atoms with Crippen LogP contribution in [-0.2, 0) is 11.2 Å². The molecule has 0 saturated carbocycles. The fourth-order valence-electron chi connectivity index (χ4n) is 3.38. The molecule has 0 bridgehead atoms. The molecule has 0 spiro atoms. The molecule has 1 aliphatic rings. The predicted octanol–water partition coefficient (Wildman–Crippen LogP) is 4.16. The number of benzene rings is 2. The highest BCUT2D eigenvalue weighted by molar-refractivity contribution is 7.10. The van der Waals surface area contributed by atoms with Crippen molar-refractivity contribution in [1.29, 1.82) is 0 Å². The Morgan fingerprint density at radius 3 is 2.69 bits per heavy atom. The maximum atomic E-state index is 13.3. The zero-order valence-electron chi connectivity index (χ0n) is 14.2. The summed E-state index contributed by atoms with van der Waals surface area (Å²) in [7, 11) is 0. The molecule has 1 aliphatic heterocycles. The summed E-state index contributed by atoms with van der Waals surface area (Å²) in [4.78, 5) is 15.9. The summed E-state index contributed by atoms with van der Waals surface area (Å²) in [6.45, 7) is 1.17. The van der Waals surface area contributed by atoms with Crippen LogP contribution in [0.3, 0.4) is 0 Å². The van der Waals surface area contributed by atoms with Gasteiger partial charge in [0.1, 0.15) is 5.82 Å². The molecule has 3 nitrogen and oxygen atoms in total. The highest BCUT2D eigenvalue weighted by atomic mass is 32.1. The summed E-state index contributed by atoms with van der Waals surface area (Å²) < 4.78 is 13.3. The van der Waals surface area contributed by atoms with Gasteiger partial charge in [-0.15, -0.1) is 11.3 Å². The molecule has 5 heteroatoms. The fourth-order valence-corrected chi connectivity index (χ4v) is 4.18. The Hall–Kier alpha value is -2.66. The first-order valence-electron chi connectivity index (χ1n) is 8.62. The van der Waals surface area contributed by atoms with Gasteiger partial charge >= 0.3 is 0 Å². The van der Waals surface area contributed by atoms with Crippen molar-refractivity contribution < 1.29 is 9.18 Å². The van der Waals surface area contributed by atoms with E-state index in [0.717, 1.165) is 29.1 Å². The van der Waals surface area contributed by atoms with Crippen molar-refractivity contribution >= 4 is 22.9 Å². The average molecular weight is 366 g/mol. The van der Waals surface area contributed by atoms with Gasteiger partial charge in [-0.3, -0.25) is 4.79 Å². The molecule has 3 aromatic rings. The number of thiophene rings is 1. The second kappa shape index (κ2) is 7.30. The Labute approximate surface area is 156 Å². The molecule has 1 aromatic heterocycles. The average Bonchev–Trinajstić information content (AvgIpc) is 3.31. The Morgan fingerprint density at radius 1 is 1.12 bits per heavy atom. The van der Waals surface area contributed by atoms with Crippen LogP contribution in [0, 0.1) is 5.82 Å². The molecule has 0 saturated heterocycles. The Bertz CT molecular complexity index is 893. The van der Waals surface area contributed by atoms with Gasteiger partial charge in [0, 0.05) is 17.1 Å². The minimum atomic E-state index is -0.279. The lowest BCUT2D eigenvalue weighted by molar-refractivity contribution is -0.120. The highest BCUT2D eigenvalue weighted by Crippen LogP contribution is 2.28. The zero-order chi connectivity index (χ0) is 17.9. The summed E-state index contributed by atoms with van der Waals surface area (Å²) in [5.41, 5.74) is 3.30. The summed E-state index contributed by atoms with van der Waals surface area (Å²) in [5, 5.41) is 5.10. The van der Waals surface area contributed by atoms with Crippen LogP contribution < -0.4 is 10.2 Å². The van der Waals surface area contributed by atoms with Crippen molar-refractivity contribution in [3.63, 3.8) is 0 Å². The van der Waals surface area contributed by atoms with Gasteiger partial charge in [-0.1, -0.05) is 36.4 Å². The number of nitrogens with zero attached hydrogens (tertiary/aromatic N) is 1. The van der Waals surface area contributed by atoms with Crippen LogP contribution in [0.2, 0.25) is 0 Å². The van der Waals surface area contributed by atoms with Gasteiger partial charge in [0.2, 0.25) is 5.91 Å². The van der Waals surface area contributed by atoms with Crippen LogP contribution in [0.1, 0.15) is 22.0 Å². The normalized spacial score (nSPS) is 14.1. The van der Waals surface area contributed by atoms with Gasteiger partial charge in [-0.25, -0.2) is 4.39 Å². The maximum absolute atomic E-state index is 13.3. The van der Waals surface area contributed by atoms with Crippen LogP contribution in [-0.4, -0.2) is 19.0 Å². The molecule has 132 valence electrons. The molecule has 2 heterocycles. The van der Waals surface area contributed by atoms with Crippen molar-refractivity contribution in [3.8, 4) is 0 Å². The van der Waals surface area contributed by atoms with Gasteiger partial charge in [0.25, 0.3) is 0 Å². The number of hydrogen-bond acceptors (Lipinski definition) is 3. The number of rotatable bonds is 5. The molecule has 4 rings (SSSR count). The van der Waals surface area contributed by atoms with Gasteiger partial charge in [0.15, 0.2) is 0 Å². The van der Waals surface area contributed by atoms with Crippen molar-refractivity contribution in [2.75, 3.05) is 18.0 Å². The smallest absolute Gasteiger partial charge is 0.240 e. The quantitative estimate of drug-likeness (QED) is 0.736. The number of halogens is 1. The number of hydrogen-bond donors (Lipinski definition) is 1. The number of nitrogens with one attached hydrogen (secondary N) is 1. The van der Waals surface area contributed by atoms with E-state index in [1.54, 1.807) is 23.5 Å². The second-order valence-corrected chi connectivity index (χ2v) is 7.35. The molecule has 0 aliphatic carbocycles. The third kappa shape index (κ3) is 3.48. The SMILES string of the molecule is O=C(CN1CCc2ccccc21)N[C@H](c1ccc(F)cc1)c1cccs1. The van der Waals surface area contributed by atoms with Crippen LogP contribution in [0.15, 0.2) is 66.0 Å². The summed E-state index contributed by atoms with van der Waals surface area (Å²) in [5.74, 6) is -0.317. The molecule has 1 atom stereocenters. The fraction of sp³-hybridized carbons (Fsp3) is 0.190. The lowest BCUT2D eigenvalue weighted by Gasteiger charge is -2.22. The first-order chi connectivity index (χ1) is 12.7. The van der Waals surface area contributed by atoms with E-state index < -0.39 is 0 Å².